The standard InChI is InChI=1S/C15H23O/c1-3-4-5-6-7-8-13-16-15-11-9-14(2)10-12-15/h9-12H,2-8,13H2,1H3. The van der Waals surface area contributed by atoms with E-state index in [1.807, 2.05) is 24.3 Å². The van der Waals surface area contributed by atoms with Crippen LogP contribution in [0.2, 0.25) is 0 Å². The van der Waals surface area contributed by atoms with Crippen LogP contribution < -0.4 is 4.74 Å². The maximum absolute atomic E-state index is 5.64. The normalized spacial score (nSPS) is 10.4. The maximum atomic E-state index is 5.64. The molecule has 16 heavy (non-hydrogen) atoms. The van der Waals surface area contributed by atoms with Crippen molar-refractivity contribution in [3.8, 4) is 5.75 Å². The smallest absolute Gasteiger partial charge is 0.119 e. The Hall–Kier alpha value is -0.980. The molecule has 1 rings (SSSR count). The van der Waals surface area contributed by atoms with E-state index in [2.05, 4.69) is 13.8 Å². The molecule has 0 atom stereocenters. The molecule has 1 aromatic rings. The van der Waals surface area contributed by atoms with E-state index < -0.39 is 0 Å². The highest BCUT2D eigenvalue weighted by molar-refractivity contribution is 5.28. The Labute approximate surface area is 99.8 Å². The molecule has 0 unspecified atom stereocenters. The quantitative estimate of drug-likeness (QED) is 0.580. The van der Waals surface area contributed by atoms with Crippen molar-refractivity contribution in [2.45, 2.75) is 45.4 Å². The third kappa shape index (κ3) is 5.79. The molecule has 0 aliphatic heterocycles. The Morgan fingerprint density at radius 3 is 2.25 bits per heavy atom. The fraction of sp³-hybridized carbons (Fsp3) is 0.533. The van der Waals surface area contributed by atoms with Gasteiger partial charge in [-0.25, -0.2) is 0 Å². The van der Waals surface area contributed by atoms with Gasteiger partial charge in [-0.05, 0) is 31.0 Å². The van der Waals surface area contributed by atoms with Gasteiger partial charge in [-0.2, -0.15) is 0 Å². The van der Waals surface area contributed by atoms with Crippen molar-refractivity contribution in [1.82, 2.24) is 0 Å². The Balaban J connectivity index is 2.01. The lowest BCUT2D eigenvalue weighted by molar-refractivity contribution is 0.304. The molecule has 0 saturated heterocycles. The van der Waals surface area contributed by atoms with Crippen LogP contribution in [-0.2, 0) is 0 Å². The van der Waals surface area contributed by atoms with Crippen molar-refractivity contribution in [1.29, 1.82) is 0 Å². The number of rotatable bonds is 8. The monoisotopic (exact) mass is 219 g/mol. The predicted molar refractivity (Wildman–Crippen MR) is 69.8 cm³/mol. The van der Waals surface area contributed by atoms with Gasteiger partial charge in [-0.1, -0.05) is 51.2 Å². The Kier molecular flexibility index (Phi) is 6.71. The minimum atomic E-state index is 0.836. The highest BCUT2D eigenvalue weighted by Crippen LogP contribution is 2.12. The summed E-state index contributed by atoms with van der Waals surface area (Å²) in [5.74, 6) is 0.959. The summed E-state index contributed by atoms with van der Waals surface area (Å²) < 4.78 is 5.64. The predicted octanol–water partition coefficient (Wildman–Crippen LogP) is 4.61. The average Bonchev–Trinajstić information content (AvgIpc) is 2.30. The van der Waals surface area contributed by atoms with Crippen molar-refractivity contribution < 1.29 is 4.74 Å². The van der Waals surface area contributed by atoms with Crippen LogP contribution in [0.25, 0.3) is 0 Å². The summed E-state index contributed by atoms with van der Waals surface area (Å²) in [6.45, 7) is 6.93. The van der Waals surface area contributed by atoms with Gasteiger partial charge in [-0.3, -0.25) is 0 Å². The van der Waals surface area contributed by atoms with E-state index in [4.69, 9.17) is 4.74 Å². The van der Waals surface area contributed by atoms with E-state index in [1.54, 1.807) is 0 Å². The number of benzene rings is 1. The minimum Gasteiger partial charge on any atom is -0.494 e. The largest absolute Gasteiger partial charge is 0.494 e. The van der Waals surface area contributed by atoms with Crippen molar-refractivity contribution in [2.75, 3.05) is 6.61 Å². The fourth-order valence-electron chi connectivity index (χ4n) is 1.66. The molecule has 0 aliphatic carbocycles. The van der Waals surface area contributed by atoms with Crippen molar-refractivity contribution in [3.05, 3.63) is 36.8 Å². The molecular weight excluding hydrogens is 196 g/mol. The summed E-state index contributed by atoms with van der Waals surface area (Å²) in [6.07, 6.45) is 7.84. The highest BCUT2D eigenvalue weighted by Gasteiger charge is 1.93. The second-order valence-electron chi connectivity index (χ2n) is 4.26. The topological polar surface area (TPSA) is 9.23 Å². The number of ether oxygens (including phenoxy) is 1. The van der Waals surface area contributed by atoms with Crippen LogP contribution >= 0.6 is 0 Å². The molecule has 0 bridgehead atoms. The lowest BCUT2D eigenvalue weighted by Crippen LogP contribution is -1.97. The van der Waals surface area contributed by atoms with Crippen molar-refractivity contribution in [2.24, 2.45) is 0 Å². The first-order chi connectivity index (χ1) is 7.83. The van der Waals surface area contributed by atoms with Gasteiger partial charge in [0.05, 0.1) is 6.61 Å². The van der Waals surface area contributed by atoms with Crippen LogP contribution in [0.4, 0.5) is 0 Å². The molecule has 89 valence electrons. The zero-order chi connectivity index (χ0) is 11.6. The van der Waals surface area contributed by atoms with Gasteiger partial charge in [0.25, 0.3) is 0 Å². The van der Waals surface area contributed by atoms with Gasteiger partial charge in [0, 0.05) is 0 Å². The first kappa shape index (κ1) is 13.1. The molecule has 0 saturated carbocycles. The van der Waals surface area contributed by atoms with Gasteiger partial charge in [0.15, 0.2) is 0 Å². The molecule has 0 aliphatic rings. The molecule has 1 nitrogen and oxygen atoms in total. The molecule has 0 heterocycles. The van der Waals surface area contributed by atoms with Crippen LogP contribution in [0.1, 0.15) is 51.0 Å². The average molecular weight is 219 g/mol. The van der Waals surface area contributed by atoms with Crippen LogP contribution in [0.15, 0.2) is 24.3 Å². The fourth-order valence-corrected chi connectivity index (χ4v) is 1.66. The first-order valence-corrected chi connectivity index (χ1v) is 6.37. The summed E-state index contributed by atoms with van der Waals surface area (Å²) in [5, 5.41) is 0. The first-order valence-electron chi connectivity index (χ1n) is 6.37. The van der Waals surface area contributed by atoms with E-state index in [0.717, 1.165) is 24.3 Å². The summed E-state index contributed by atoms with van der Waals surface area (Å²) in [4.78, 5) is 0. The second-order valence-corrected chi connectivity index (χ2v) is 4.26. The Morgan fingerprint density at radius 2 is 1.56 bits per heavy atom. The molecule has 0 spiro atoms. The van der Waals surface area contributed by atoms with Crippen LogP contribution in [0.5, 0.6) is 5.75 Å². The van der Waals surface area contributed by atoms with E-state index in [1.165, 1.54) is 32.1 Å². The number of hydrogen-bond acceptors (Lipinski definition) is 1. The highest BCUT2D eigenvalue weighted by atomic mass is 16.5. The van der Waals surface area contributed by atoms with E-state index in [0.29, 0.717) is 0 Å². The van der Waals surface area contributed by atoms with Crippen LogP contribution in [0.3, 0.4) is 0 Å². The summed E-state index contributed by atoms with van der Waals surface area (Å²) >= 11 is 0. The molecule has 1 radical (unpaired) electrons. The molecule has 0 fully saturated rings. The zero-order valence-electron chi connectivity index (χ0n) is 10.4. The zero-order valence-corrected chi connectivity index (χ0v) is 10.4. The van der Waals surface area contributed by atoms with E-state index >= 15 is 0 Å². The Morgan fingerprint density at radius 1 is 0.938 bits per heavy atom. The summed E-state index contributed by atoms with van der Waals surface area (Å²) in [7, 11) is 0. The lowest BCUT2D eigenvalue weighted by Gasteiger charge is -2.06. The molecular formula is C15H23O. The molecule has 0 aromatic heterocycles. The summed E-state index contributed by atoms with van der Waals surface area (Å²) in [5.41, 5.74) is 1.03. The van der Waals surface area contributed by atoms with Gasteiger partial charge in [-0.15, -0.1) is 0 Å². The van der Waals surface area contributed by atoms with Gasteiger partial charge in [0.2, 0.25) is 0 Å². The summed E-state index contributed by atoms with van der Waals surface area (Å²) in [6, 6.07) is 7.94. The van der Waals surface area contributed by atoms with Crippen LogP contribution in [-0.4, -0.2) is 6.61 Å². The molecule has 1 aromatic carbocycles. The molecule has 0 amide bonds. The van der Waals surface area contributed by atoms with Crippen LogP contribution in [0, 0.1) is 6.92 Å². The number of unbranched alkanes of at least 4 members (excludes halogenated alkanes) is 5. The van der Waals surface area contributed by atoms with Crippen molar-refractivity contribution in [3.63, 3.8) is 0 Å². The van der Waals surface area contributed by atoms with Gasteiger partial charge in [0.1, 0.15) is 5.75 Å². The Bertz CT molecular complexity index is 263. The third-order valence-electron chi connectivity index (χ3n) is 2.69. The van der Waals surface area contributed by atoms with Gasteiger partial charge < -0.3 is 4.74 Å². The molecule has 1 heteroatoms. The van der Waals surface area contributed by atoms with Crippen molar-refractivity contribution >= 4 is 0 Å². The van der Waals surface area contributed by atoms with E-state index in [-0.39, 0.29) is 0 Å². The number of hydrogen-bond donors (Lipinski definition) is 0. The maximum Gasteiger partial charge on any atom is 0.119 e. The lowest BCUT2D eigenvalue weighted by atomic mass is 10.1. The van der Waals surface area contributed by atoms with Gasteiger partial charge >= 0.3 is 0 Å². The minimum absolute atomic E-state index is 0.836. The molecule has 0 N–H and O–H groups in total. The second kappa shape index (κ2) is 8.20. The van der Waals surface area contributed by atoms with E-state index in [9.17, 15) is 0 Å². The third-order valence-corrected chi connectivity index (χ3v) is 2.69. The SMILES string of the molecule is [CH2]c1ccc(OCCCCCCCC)cc1.